The first-order valence-corrected chi connectivity index (χ1v) is 16.3. The van der Waals surface area contributed by atoms with E-state index in [0.717, 1.165) is 32.1 Å². The highest BCUT2D eigenvalue weighted by Gasteiger charge is 2.47. The normalized spacial score (nSPS) is 25.1. The molecule has 11 nitrogen and oxygen atoms in total. The van der Waals surface area contributed by atoms with Crippen molar-refractivity contribution in [3.8, 4) is 0 Å². The highest BCUT2D eigenvalue weighted by molar-refractivity contribution is 5.99. The van der Waals surface area contributed by atoms with Crippen molar-refractivity contribution in [1.82, 2.24) is 20.2 Å². The van der Waals surface area contributed by atoms with Crippen LogP contribution in [0, 0.1) is 23.7 Å². The van der Waals surface area contributed by atoms with Crippen molar-refractivity contribution in [2.45, 2.75) is 103 Å². The number of aromatic carboxylic acids is 1. The number of benzene rings is 1. The van der Waals surface area contributed by atoms with Crippen LogP contribution < -0.4 is 10.6 Å². The predicted molar refractivity (Wildman–Crippen MR) is 166 cm³/mol. The van der Waals surface area contributed by atoms with Gasteiger partial charge in [0.2, 0.25) is 17.6 Å². The molecule has 45 heavy (non-hydrogen) atoms. The van der Waals surface area contributed by atoms with E-state index in [2.05, 4.69) is 20.6 Å². The van der Waals surface area contributed by atoms with Crippen molar-refractivity contribution in [2.24, 2.45) is 23.7 Å². The summed E-state index contributed by atoms with van der Waals surface area (Å²) in [6.07, 6.45) is 8.01. The zero-order valence-corrected chi connectivity index (χ0v) is 26.4. The quantitative estimate of drug-likeness (QED) is 0.294. The zero-order valence-electron chi connectivity index (χ0n) is 26.4. The molecule has 5 rings (SSSR count). The number of H-pyrrole nitrogens is 1. The minimum absolute atomic E-state index is 0.0288. The summed E-state index contributed by atoms with van der Waals surface area (Å²) in [4.78, 5) is 60.2. The first-order chi connectivity index (χ1) is 21.4. The highest BCUT2D eigenvalue weighted by atomic mass is 19.1. The van der Waals surface area contributed by atoms with Crippen LogP contribution in [-0.2, 0) is 14.3 Å². The van der Waals surface area contributed by atoms with Crippen LogP contribution in [0.2, 0.25) is 0 Å². The molecule has 1 aromatic heterocycles. The number of carboxylic acid groups (broad SMARTS) is 1. The number of anilines is 1. The van der Waals surface area contributed by atoms with Crippen LogP contribution in [0.15, 0.2) is 18.2 Å². The summed E-state index contributed by atoms with van der Waals surface area (Å²) >= 11 is 0. The molecule has 2 heterocycles. The fraction of sp³-hybridized carbons (Fsp3) is 0.667. The van der Waals surface area contributed by atoms with E-state index in [-0.39, 0.29) is 35.4 Å². The molecule has 0 unspecified atom stereocenters. The number of alkyl carbamates (subject to hydrolysis) is 1. The van der Waals surface area contributed by atoms with Crippen molar-refractivity contribution < 1.29 is 33.4 Å². The number of fused-ring (bicyclic) bond motifs is 1. The van der Waals surface area contributed by atoms with E-state index in [1.807, 2.05) is 0 Å². The fourth-order valence-electron chi connectivity index (χ4n) is 7.60. The van der Waals surface area contributed by atoms with Gasteiger partial charge in [-0.05, 0) is 88.8 Å². The van der Waals surface area contributed by atoms with Gasteiger partial charge in [-0.25, -0.2) is 19.0 Å². The molecule has 2 aromatic rings. The number of imidazole rings is 1. The molecule has 1 aromatic carbocycles. The number of nitrogens with zero attached hydrogens (tertiary/aromatic N) is 2. The third kappa shape index (κ3) is 7.76. The Kier molecular flexibility index (Phi) is 9.98. The average molecular weight is 628 g/mol. The van der Waals surface area contributed by atoms with Gasteiger partial charge < -0.3 is 30.4 Å². The summed E-state index contributed by atoms with van der Waals surface area (Å²) in [5.41, 5.74) is 0.802. The Balaban J connectivity index is 1.27. The number of hydrogen-bond donors (Lipinski definition) is 4. The smallest absolute Gasteiger partial charge is 0.407 e. The van der Waals surface area contributed by atoms with Crippen LogP contribution in [0.3, 0.4) is 0 Å². The second-order valence-corrected chi connectivity index (χ2v) is 14.0. The number of likely N-dealkylation sites (tertiary alicyclic amines) is 1. The topological polar surface area (TPSA) is 154 Å². The largest absolute Gasteiger partial charge is 0.475 e. The van der Waals surface area contributed by atoms with Crippen LogP contribution in [0.4, 0.5) is 14.9 Å². The lowest BCUT2D eigenvalue weighted by molar-refractivity contribution is -0.142. The summed E-state index contributed by atoms with van der Waals surface area (Å²) in [6.45, 7) is 5.09. The van der Waals surface area contributed by atoms with Gasteiger partial charge in [-0.2, -0.15) is 0 Å². The van der Waals surface area contributed by atoms with Gasteiger partial charge >= 0.3 is 12.1 Å². The Morgan fingerprint density at radius 3 is 2.42 bits per heavy atom. The van der Waals surface area contributed by atoms with Gasteiger partial charge in [0.1, 0.15) is 18.3 Å². The van der Waals surface area contributed by atoms with E-state index < -0.39 is 36.4 Å². The van der Waals surface area contributed by atoms with Gasteiger partial charge in [-0.3, -0.25) is 9.59 Å². The number of rotatable bonds is 8. The molecule has 3 atom stereocenters. The van der Waals surface area contributed by atoms with Crippen LogP contribution in [0.1, 0.15) is 95.6 Å². The minimum atomic E-state index is -1.17. The number of halogens is 1. The van der Waals surface area contributed by atoms with E-state index >= 15 is 0 Å². The standard InChI is InChI=1S/C33H46FN5O6/c1-33(2,3)45-32(44)38-26(18-34)20-9-11-21(12-10-20)30(41)39-16-15-23(19-7-5-4-6-8-19)27(39)29(40)35-22-13-14-24-25(17-22)37-28(36-24)31(42)43/h13-14,17,19-21,23,26-27H,4-12,15-16,18H2,1-3H3,(H,35,40)(H,36,37)(H,38,44)(H,42,43)/t20?,21?,23-,26+,27-/m0/s1. The molecule has 0 spiro atoms. The molecule has 3 amide bonds. The van der Waals surface area contributed by atoms with Crippen LogP contribution in [0.5, 0.6) is 0 Å². The van der Waals surface area contributed by atoms with Gasteiger partial charge in [0, 0.05) is 18.2 Å². The van der Waals surface area contributed by atoms with Crippen molar-refractivity contribution in [2.75, 3.05) is 18.5 Å². The maximum atomic E-state index is 14.0. The Morgan fingerprint density at radius 1 is 1.07 bits per heavy atom. The van der Waals surface area contributed by atoms with Crippen LogP contribution in [0.25, 0.3) is 11.0 Å². The molecule has 3 fully saturated rings. The number of nitrogens with one attached hydrogen (secondary N) is 3. The predicted octanol–water partition coefficient (Wildman–Crippen LogP) is 5.67. The molecule has 4 N–H and O–H groups in total. The number of aromatic amines is 1. The molecule has 2 aliphatic carbocycles. The van der Waals surface area contributed by atoms with Gasteiger partial charge in [0.15, 0.2) is 0 Å². The minimum Gasteiger partial charge on any atom is -0.475 e. The Hall–Kier alpha value is -3.70. The number of carboxylic acids is 1. The molecular weight excluding hydrogens is 581 g/mol. The number of alkyl halides is 1. The molecule has 0 radical (unpaired) electrons. The number of amides is 3. The van der Waals surface area contributed by atoms with E-state index in [0.29, 0.717) is 54.9 Å². The lowest BCUT2D eigenvalue weighted by atomic mass is 9.76. The highest BCUT2D eigenvalue weighted by Crippen LogP contribution is 2.41. The van der Waals surface area contributed by atoms with Crippen molar-refractivity contribution in [3.63, 3.8) is 0 Å². The van der Waals surface area contributed by atoms with Gasteiger partial charge in [0.25, 0.3) is 0 Å². The monoisotopic (exact) mass is 627 g/mol. The molecule has 12 heteroatoms. The Morgan fingerprint density at radius 2 is 1.78 bits per heavy atom. The van der Waals surface area contributed by atoms with E-state index in [1.165, 1.54) is 6.42 Å². The molecule has 246 valence electrons. The third-order valence-corrected chi connectivity index (χ3v) is 9.76. The Labute approximate surface area is 263 Å². The SMILES string of the molecule is CC(C)(C)OC(=O)N[C@H](CF)C1CCC(C(=O)N2CC[C@@H](C3CCCCC3)[C@H]2C(=O)Nc2ccc3nc(C(=O)O)[nH]c3c2)CC1. The first-order valence-electron chi connectivity index (χ1n) is 16.3. The Bertz CT molecular complexity index is 1390. The third-order valence-electron chi connectivity index (χ3n) is 9.76. The molecule has 0 bridgehead atoms. The molecule has 2 saturated carbocycles. The lowest BCUT2D eigenvalue weighted by Gasteiger charge is -2.37. The molecular formula is C33H46FN5O6. The fourth-order valence-corrected chi connectivity index (χ4v) is 7.60. The number of ether oxygens (including phenoxy) is 1. The summed E-state index contributed by atoms with van der Waals surface area (Å²) in [5.74, 6) is -1.53. The number of carbonyl (C=O) groups is 4. The van der Waals surface area contributed by atoms with E-state index in [4.69, 9.17) is 4.74 Å². The van der Waals surface area contributed by atoms with Crippen LogP contribution in [-0.4, -0.2) is 74.8 Å². The van der Waals surface area contributed by atoms with E-state index in [9.17, 15) is 28.7 Å². The maximum absolute atomic E-state index is 14.0. The van der Waals surface area contributed by atoms with E-state index in [1.54, 1.807) is 43.9 Å². The summed E-state index contributed by atoms with van der Waals surface area (Å²) in [6, 6.07) is 3.74. The summed E-state index contributed by atoms with van der Waals surface area (Å²) in [5, 5.41) is 15.0. The number of hydrogen-bond acceptors (Lipinski definition) is 6. The van der Waals surface area contributed by atoms with Crippen molar-refractivity contribution in [1.29, 1.82) is 0 Å². The average Bonchev–Trinajstić information content (AvgIpc) is 3.64. The zero-order chi connectivity index (χ0) is 32.3. The number of aromatic nitrogens is 2. The van der Waals surface area contributed by atoms with Crippen molar-refractivity contribution in [3.05, 3.63) is 24.0 Å². The molecule has 3 aliphatic rings. The van der Waals surface area contributed by atoms with Gasteiger partial charge in [-0.1, -0.05) is 32.1 Å². The van der Waals surface area contributed by atoms with Crippen molar-refractivity contribution >= 4 is 40.6 Å². The summed E-state index contributed by atoms with van der Waals surface area (Å²) in [7, 11) is 0. The maximum Gasteiger partial charge on any atom is 0.407 e. The lowest BCUT2D eigenvalue weighted by Crippen LogP contribution is -2.50. The van der Waals surface area contributed by atoms with Gasteiger partial charge in [0.05, 0.1) is 17.1 Å². The number of carbonyl (C=O) groups excluding carboxylic acids is 3. The molecule has 1 aliphatic heterocycles. The second kappa shape index (κ2) is 13.7. The van der Waals surface area contributed by atoms with Crippen LogP contribution >= 0.6 is 0 Å². The molecule has 1 saturated heterocycles. The summed E-state index contributed by atoms with van der Waals surface area (Å²) < 4.78 is 19.3. The van der Waals surface area contributed by atoms with Gasteiger partial charge in [-0.15, -0.1) is 0 Å². The first kappa shape index (κ1) is 32.7. The second-order valence-electron chi connectivity index (χ2n) is 14.0.